The predicted molar refractivity (Wildman–Crippen MR) is 74.0 cm³/mol. The van der Waals surface area contributed by atoms with Gasteiger partial charge in [-0.25, -0.2) is 4.79 Å². The Morgan fingerprint density at radius 2 is 2.00 bits per heavy atom. The van der Waals surface area contributed by atoms with Crippen molar-refractivity contribution in [2.75, 3.05) is 7.11 Å². The number of aryl methyl sites for hydroxylation is 1. The lowest BCUT2D eigenvalue weighted by molar-refractivity contribution is -0.173. The number of benzene rings is 1. The Hall–Kier alpha value is -1.94. The summed E-state index contributed by atoms with van der Waals surface area (Å²) in [5, 5.41) is 10.9. The second-order valence-electron chi connectivity index (χ2n) is 5.06. The van der Waals surface area contributed by atoms with Crippen LogP contribution in [0.25, 0.3) is 0 Å². The minimum Gasteiger partial charge on any atom is -0.467 e. The molecule has 1 aliphatic carbocycles. The minimum absolute atomic E-state index is 0.246. The van der Waals surface area contributed by atoms with Gasteiger partial charge in [0.1, 0.15) is 0 Å². The average molecular weight is 274 g/mol. The molecule has 0 bridgehead atoms. The summed E-state index contributed by atoms with van der Waals surface area (Å²) in [5.41, 5.74) is -0.524. The van der Waals surface area contributed by atoms with Crippen molar-refractivity contribution in [1.82, 2.24) is 0 Å². The van der Waals surface area contributed by atoms with Crippen molar-refractivity contribution in [2.45, 2.75) is 25.4 Å². The van der Waals surface area contributed by atoms with Crippen molar-refractivity contribution in [2.24, 2.45) is 5.92 Å². The number of ketones is 1. The summed E-state index contributed by atoms with van der Waals surface area (Å²) < 4.78 is 4.74. The molecule has 2 rings (SSSR count). The molecule has 0 fully saturated rings. The van der Waals surface area contributed by atoms with Gasteiger partial charge in [0, 0.05) is 0 Å². The number of methoxy groups -OCH3 is 1. The Morgan fingerprint density at radius 3 is 2.55 bits per heavy atom. The quantitative estimate of drug-likeness (QED) is 0.855. The number of ether oxygens (including phenoxy) is 1. The van der Waals surface area contributed by atoms with Crippen LogP contribution >= 0.6 is 0 Å². The number of carbonyl (C=O) groups is 2. The Morgan fingerprint density at radius 1 is 1.35 bits per heavy atom. The highest BCUT2D eigenvalue weighted by atomic mass is 16.5. The van der Waals surface area contributed by atoms with Crippen LogP contribution in [0.1, 0.15) is 24.0 Å². The van der Waals surface area contributed by atoms with Gasteiger partial charge < -0.3 is 9.84 Å². The van der Waals surface area contributed by atoms with Crippen LogP contribution in [0.2, 0.25) is 0 Å². The van der Waals surface area contributed by atoms with E-state index in [0.717, 1.165) is 5.56 Å². The van der Waals surface area contributed by atoms with Crippen LogP contribution in [0.15, 0.2) is 36.4 Å². The molecule has 2 atom stereocenters. The third kappa shape index (κ3) is 2.39. The van der Waals surface area contributed by atoms with Crippen LogP contribution < -0.4 is 0 Å². The van der Waals surface area contributed by atoms with Gasteiger partial charge in [0.15, 0.2) is 11.4 Å². The van der Waals surface area contributed by atoms with Gasteiger partial charge in [-0.1, -0.05) is 35.9 Å². The maximum Gasteiger partial charge on any atom is 0.343 e. The van der Waals surface area contributed by atoms with Gasteiger partial charge in [-0.15, -0.1) is 0 Å². The molecule has 106 valence electrons. The lowest BCUT2D eigenvalue weighted by atomic mass is 9.74. The molecule has 1 aromatic rings. The van der Waals surface area contributed by atoms with Crippen LogP contribution in [0.4, 0.5) is 0 Å². The van der Waals surface area contributed by atoms with E-state index >= 15 is 0 Å². The van der Waals surface area contributed by atoms with Crippen molar-refractivity contribution in [3.8, 4) is 0 Å². The molecule has 0 spiro atoms. The standard InChI is InChI=1S/C16H18O4/c1-11-7-9-12(10-8-11)16(19,15(18)20-2)13-5-3-4-6-14(13)17/h4,6-10,13,19H,3,5H2,1-2H3/t13-,16-/m1/s1. The van der Waals surface area contributed by atoms with Gasteiger partial charge in [0.25, 0.3) is 0 Å². The molecular formula is C16H18O4. The van der Waals surface area contributed by atoms with E-state index in [1.165, 1.54) is 13.2 Å². The van der Waals surface area contributed by atoms with Crippen molar-refractivity contribution >= 4 is 11.8 Å². The molecule has 0 saturated carbocycles. The summed E-state index contributed by atoms with van der Waals surface area (Å²) in [6.45, 7) is 1.91. The van der Waals surface area contributed by atoms with Crippen LogP contribution in [0.3, 0.4) is 0 Å². The molecule has 0 aromatic heterocycles. The average Bonchev–Trinajstić information content (AvgIpc) is 2.46. The highest BCUT2D eigenvalue weighted by molar-refractivity contribution is 5.98. The molecule has 20 heavy (non-hydrogen) atoms. The summed E-state index contributed by atoms with van der Waals surface area (Å²) in [4.78, 5) is 24.2. The molecule has 0 heterocycles. The number of carbonyl (C=O) groups excluding carboxylic acids is 2. The number of rotatable bonds is 3. The summed E-state index contributed by atoms with van der Waals surface area (Å²) in [6, 6.07) is 6.93. The van der Waals surface area contributed by atoms with E-state index in [4.69, 9.17) is 4.74 Å². The second kappa shape index (κ2) is 5.59. The van der Waals surface area contributed by atoms with E-state index in [1.54, 1.807) is 30.3 Å². The van der Waals surface area contributed by atoms with Crippen LogP contribution in [0.5, 0.6) is 0 Å². The maximum absolute atomic E-state index is 12.1. The molecule has 1 aromatic carbocycles. The maximum atomic E-state index is 12.1. The first kappa shape index (κ1) is 14.5. The van der Waals surface area contributed by atoms with Gasteiger partial charge in [0.2, 0.25) is 0 Å². The molecule has 0 saturated heterocycles. The third-order valence-electron chi connectivity index (χ3n) is 3.74. The Bertz CT molecular complexity index is 544. The zero-order chi connectivity index (χ0) is 14.8. The summed E-state index contributed by atoms with van der Waals surface area (Å²) in [7, 11) is 1.21. The summed E-state index contributed by atoms with van der Waals surface area (Å²) in [6.07, 6.45) is 4.26. The Kier molecular flexibility index (Phi) is 4.04. The van der Waals surface area contributed by atoms with Gasteiger partial charge in [-0.05, 0) is 31.4 Å². The van der Waals surface area contributed by atoms with E-state index in [9.17, 15) is 14.7 Å². The lowest BCUT2D eigenvalue weighted by Crippen LogP contribution is -2.47. The normalized spacial score (nSPS) is 21.4. The van der Waals surface area contributed by atoms with Crippen LogP contribution in [0, 0.1) is 12.8 Å². The van der Waals surface area contributed by atoms with Crippen molar-refractivity contribution in [3.05, 3.63) is 47.5 Å². The van der Waals surface area contributed by atoms with Crippen molar-refractivity contribution in [1.29, 1.82) is 0 Å². The first-order valence-corrected chi connectivity index (χ1v) is 6.58. The topological polar surface area (TPSA) is 63.6 Å². The first-order valence-electron chi connectivity index (χ1n) is 6.58. The second-order valence-corrected chi connectivity index (χ2v) is 5.06. The molecule has 0 amide bonds. The fraction of sp³-hybridized carbons (Fsp3) is 0.375. The zero-order valence-electron chi connectivity index (χ0n) is 11.6. The largest absolute Gasteiger partial charge is 0.467 e. The SMILES string of the molecule is COC(=O)[C@@](O)(c1ccc(C)cc1)[C@@H]1CCC=CC1=O. The summed E-state index contributed by atoms with van der Waals surface area (Å²) >= 11 is 0. The molecule has 0 unspecified atom stereocenters. The smallest absolute Gasteiger partial charge is 0.343 e. The summed E-state index contributed by atoms with van der Waals surface area (Å²) in [5.74, 6) is -1.85. The molecule has 0 radical (unpaired) electrons. The monoisotopic (exact) mass is 274 g/mol. The highest BCUT2D eigenvalue weighted by Crippen LogP contribution is 2.37. The van der Waals surface area contributed by atoms with E-state index < -0.39 is 17.5 Å². The van der Waals surface area contributed by atoms with E-state index in [-0.39, 0.29) is 5.78 Å². The molecular weight excluding hydrogens is 256 g/mol. The predicted octanol–water partition coefficient (Wildman–Crippen LogP) is 1.89. The van der Waals surface area contributed by atoms with Gasteiger partial charge in [0.05, 0.1) is 13.0 Å². The van der Waals surface area contributed by atoms with Gasteiger partial charge in [-0.3, -0.25) is 4.79 Å². The highest BCUT2D eigenvalue weighted by Gasteiger charge is 2.49. The minimum atomic E-state index is -1.93. The number of aliphatic hydroxyl groups is 1. The Balaban J connectivity index is 2.50. The Labute approximate surface area is 118 Å². The van der Waals surface area contributed by atoms with E-state index in [0.29, 0.717) is 18.4 Å². The molecule has 0 aliphatic heterocycles. The van der Waals surface area contributed by atoms with Crippen molar-refractivity contribution in [3.63, 3.8) is 0 Å². The van der Waals surface area contributed by atoms with Crippen LogP contribution in [-0.2, 0) is 19.9 Å². The zero-order valence-corrected chi connectivity index (χ0v) is 11.6. The molecule has 1 aliphatic rings. The number of allylic oxidation sites excluding steroid dienone is 2. The van der Waals surface area contributed by atoms with Gasteiger partial charge in [-0.2, -0.15) is 0 Å². The number of hydrogen-bond acceptors (Lipinski definition) is 4. The first-order chi connectivity index (χ1) is 9.50. The van der Waals surface area contributed by atoms with Gasteiger partial charge >= 0.3 is 5.97 Å². The van der Waals surface area contributed by atoms with E-state index in [1.807, 2.05) is 6.92 Å². The number of esters is 1. The number of hydrogen-bond donors (Lipinski definition) is 1. The van der Waals surface area contributed by atoms with Crippen LogP contribution in [-0.4, -0.2) is 24.0 Å². The van der Waals surface area contributed by atoms with E-state index in [2.05, 4.69) is 0 Å². The molecule has 1 N–H and O–H groups in total. The molecule has 4 heteroatoms. The fourth-order valence-electron chi connectivity index (χ4n) is 2.56. The fourth-order valence-corrected chi connectivity index (χ4v) is 2.56. The van der Waals surface area contributed by atoms with Crippen molar-refractivity contribution < 1.29 is 19.4 Å². The third-order valence-corrected chi connectivity index (χ3v) is 3.74. The molecule has 4 nitrogen and oxygen atoms in total. The lowest BCUT2D eigenvalue weighted by Gasteiger charge is -2.33.